The van der Waals surface area contributed by atoms with Crippen molar-refractivity contribution >= 4 is 20.9 Å². The van der Waals surface area contributed by atoms with Gasteiger partial charge in [0.05, 0.1) is 34.2 Å². The van der Waals surface area contributed by atoms with E-state index >= 15 is 0 Å². The van der Waals surface area contributed by atoms with Crippen LogP contribution in [0.3, 0.4) is 0 Å². The molecule has 1 aliphatic rings. The highest BCUT2D eigenvalue weighted by molar-refractivity contribution is 7.91. The number of fused-ring (bicyclic) bond motifs is 1. The standard InChI is InChI=1S/C13H13N3O2S/c1-16-12-3-2-9(7-14)6-11(12)15-13(16)10-4-5-19(17,18)8-10/h2-3,6,10H,4-5,8H2,1H3. The van der Waals surface area contributed by atoms with E-state index in [-0.39, 0.29) is 17.4 Å². The van der Waals surface area contributed by atoms with Crippen molar-refractivity contribution < 1.29 is 8.42 Å². The number of nitrogens with zero attached hydrogens (tertiary/aromatic N) is 3. The number of hydrogen-bond donors (Lipinski definition) is 0. The molecule has 1 aromatic carbocycles. The van der Waals surface area contributed by atoms with E-state index in [1.165, 1.54) is 0 Å². The quantitative estimate of drug-likeness (QED) is 0.787. The van der Waals surface area contributed by atoms with E-state index in [4.69, 9.17) is 5.26 Å². The Labute approximate surface area is 111 Å². The van der Waals surface area contributed by atoms with Crippen molar-refractivity contribution in [1.29, 1.82) is 5.26 Å². The second kappa shape index (κ2) is 4.07. The van der Waals surface area contributed by atoms with Crippen LogP contribution in [0.1, 0.15) is 23.7 Å². The summed E-state index contributed by atoms with van der Waals surface area (Å²) in [5.41, 5.74) is 2.25. The fraction of sp³-hybridized carbons (Fsp3) is 0.385. The highest BCUT2D eigenvalue weighted by Gasteiger charge is 2.32. The van der Waals surface area contributed by atoms with Crippen molar-refractivity contribution in [3.8, 4) is 6.07 Å². The molecular formula is C13H13N3O2S. The lowest BCUT2D eigenvalue weighted by atomic mass is 10.1. The minimum Gasteiger partial charge on any atom is -0.331 e. The Kier molecular flexibility index (Phi) is 2.61. The first kappa shape index (κ1) is 12.2. The Morgan fingerprint density at radius 3 is 2.89 bits per heavy atom. The molecule has 1 unspecified atom stereocenters. The van der Waals surface area contributed by atoms with Gasteiger partial charge >= 0.3 is 0 Å². The predicted molar refractivity (Wildman–Crippen MR) is 71.4 cm³/mol. The zero-order valence-corrected chi connectivity index (χ0v) is 11.3. The first-order valence-electron chi connectivity index (χ1n) is 6.07. The lowest BCUT2D eigenvalue weighted by Crippen LogP contribution is -2.08. The van der Waals surface area contributed by atoms with Crippen LogP contribution >= 0.6 is 0 Å². The monoisotopic (exact) mass is 275 g/mol. The number of aryl methyl sites for hydroxylation is 1. The molecule has 1 aliphatic heterocycles. The van der Waals surface area contributed by atoms with Crippen LogP contribution in [0.2, 0.25) is 0 Å². The number of hydrogen-bond acceptors (Lipinski definition) is 4. The molecule has 5 nitrogen and oxygen atoms in total. The van der Waals surface area contributed by atoms with Crippen LogP contribution in [-0.4, -0.2) is 29.5 Å². The zero-order chi connectivity index (χ0) is 13.6. The SMILES string of the molecule is Cn1c(C2CCS(=O)(=O)C2)nc2cc(C#N)ccc21. The van der Waals surface area contributed by atoms with Gasteiger partial charge in [-0.3, -0.25) is 0 Å². The van der Waals surface area contributed by atoms with Crippen molar-refractivity contribution in [3.63, 3.8) is 0 Å². The molecule has 1 aromatic heterocycles. The molecule has 0 bridgehead atoms. The minimum atomic E-state index is -2.92. The van der Waals surface area contributed by atoms with Crippen molar-refractivity contribution in [2.75, 3.05) is 11.5 Å². The molecule has 98 valence electrons. The number of aromatic nitrogens is 2. The van der Waals surface area contributed by atoms with Gasteiger partial charge in [0.25, 0.3) is 0 Å². The van der Waals surface area contributed by atoms with E-state index in [0.29, 0.717) is 12.0 Å². The second-order valence-corrected chi connectivity index (χ2v) is 7.17. The maximum Gasteiger partial charge on any atom is 0.151 e. The largest absolute Gasteiger partial charge is 0.331 e. The molecule has 6 heteroatoms. The topological polar surface area (TPSA) is 75.8 Å². The number of sulfone groups is 1. The summed E-state index contributed by atoms with van der Waals surface area (Å²) in [6.07, 6.45) is 0.630. The molecular weight excluding hydrogens is 262 g/mol. The van der Waals surface area contributed by atoms with Crippen LogP contribution in [0.15, 0.2) is 18.2 Å². The Bertz CT molecular complexity index is 799. The lowest BCUT2D eigenvalue weighted by Gasteiger charge is -2.07. The first-order valence-corrected chi connectivity index (χ1v) is 7.89. The summed E-state index contributed by atoms with van der Waals surface area (Å²) < 4.78 is 25.1. The molecule has 1 saturated heterocycles. The maximum absolute atomic E-state index is 11.6. The summed E-state index contributed by atoms with van der Waals surface area (Å²) in [5, 5.41) is 8.89. The summed E-state index contributed by atoms with van der Waals surface area (Å²) in [6.45, 7) is 0. The van der Waals surface area contributed by atoms with Gasteiger partial charge in [0.2, 0.25) is 0 Å². The molecule has 0 N–H and O–H groups in total. The van der Waals surface area contributed by atoms with Crippen molar-refractivity contribution in [2.24, 2.45) is 7.05 Å². The van der Waals surface area contributed by atoms with Crippen LogP contribution in [0.5, 0.6) is 0 Å². The van der Waals surface area contributed by atoms with Gasteiger partial charge < -0.3 is 4.57 Å². The van der Waals surface area contributed by atoms with Gasteiger partial charge in [-0.2, -0.15) is 5.26 Å². The third-order valence-corrected chi connectivity index (χ3v) is 5.41. The lowest BCUT2D eigenvalue weighted by molar-refractivity contribution is 0.600. The van der Waals surface area contributed by atoms with E-state index in [9.17, 15) is 8.42 Å². The predicted octanol–water partition coefficient (Wildman–Crippen LogP) is 1.35. The first-order chi connectivity index (χ1) is 9.00. The summed E-state index contributed by atoms with van der Waals surface area (Å²) in [5.74, 6) is 1.18. The maximum atomic E-state index is 11.6. The fourth-order valence-corrected chi connectivity index (χ4v) is 4.39. The fourth-order valence-electron chi connectivity index (χ4n) is 2.65. The number of nitriles is 1. The summed E-state index contributed by atoms with van der Waals surface area (Å²) in [6, 6.07) is 7.43. The zero-order valence-electron chi connectivity index (χ0n) is 10.5. The van der Waals surface area contributed by atoms with Crippen LogP contribution in [0.4, 0.5) is 0 Å². The number of imidazole rings is 1. The van der Waals surface area contributed by atoms with Gasteiger partial charge in [0.15, 0.2) is 9.84 Å². The van der Waals surface area contributed by atoms with E-state index in [0.717, 1.165) is 16.9 Å². The molecule has 2 aromatic rings. The Balaban J connectivity index is 2.11. The average Bonchev–Trinajstić information content (AvgIpc) is 2.89. The van der Waals surface area contributed by atoms with E-state index in [1.807, 2.05) is 17.7 Å². The molecule has 1 fully saturated rings. The van der Waals surface area contributed by atoms with Gasteiger partial charge in [-0.15, -0.1) is 0 Å². The summed E-state index contributed by atoms with van der Waals surface area (Å²) in [7, 11) is -1.03. The smallest absolute Gasteiger partial charge is 0.151 e. The third kappa shape index (κ3) is 2.00. The Morgan fingerprint density at radius 1 is 1.47 bits per heavy atom. The van der Waals surface area contributed by atoms with Gasteiger partial charge in [0, 0.05) is 13.0 Å². The van der Waals surface area contributed by atoms with Crippen molar-refractivity contribution in [1.82, 2.24) is 9.55 Å². The van der Waals surface area contributed by atoms with Gasteiger partial charge in [-0.05, 0) is 24.6 Å². The summed E-state index contributed by atoms with van der Waals surface area (Å²) >= 11 is 0. The van der Waals surface area contributed by atoms with Crippen LogP contribution in [0.25, 0.3) is 11.0 Å². The van der Waals surface area contributed by atoms with Crippen LogP contribution in [-0.2, 0) is 16.9 Å². The second-order valence-electron chi connectivity index (χ2n) is 4.94. The molecule has 2 heterocycles. The number of benzene rings is 1. The third-order valence-electron chi connectivity index (χ3n) is 3.64. The van der Waals surface area contributed by atoms with Crippen LogP contribution < -0.4 is 0 Å². The van der Waals surface area contributed by atoms with E-state index in [2.05, 4.69) is 11.1 Å². The molecule has 0 amide bonds. The highest BCUT2D eigenvalue weighted by atomic mass is 32.2. The van der Waals surface area contributed by atoms with E-state index in [1.54, 1.807) is 12.1 Å². The van der Waals surface area contributed by atoms with Crippen LogP contribution in [0, 0.1) is 11.3 Å². The average molecular weight is 275 g/mol. The molecule has 0 saturated carbocycles. The van der Waals surface area contributed by atoms with Gasteiger partial charge in [-0.1, -0.05) is 0 Å². The number of rotatable bonds is 1. The van der Waals surface area contributed by atoms with E-state index < -0.39 is 9.84 Å². The molecule has 3 rings (SSSR count). The van der Waals surface area contributed by atoms with Gasteiger partial charge in [-0.25, -0.2) is 13.4 Å². The molecule has 0 aliphatic carbocycles. The molecule has 0 radical (unpaired) electrons. The molecule has 0 spiro atoms. The highest BCUT2D eigenvalue weighted by Crippen LogP contribution is 2.30. The minimum absolute atomic E-state index is 0.0343. The molecule has 19 heavy (non-hydrogen) atoms. The van der Waals surface area contributed by atoms with Crippen molar-refractivity contribution in [2.45, 2.75) is 12.3 Å². The molecule has 1 atom stereocenters. The Morgan fingerprint density at radius 2 is 2.26 bits per heavy atom. The normalized spacial score (nSPS) is 21.6. The Hall–Kier alpha value is -1.87. The summed E-state index contributed by atoms with van der Waals surface area (Å²) in [4.78, 5) is 4.52. The van der Waals surface area contributed by atoms with Crippen molar-refractivity contribution in [3.05, 3.63) is 29.6 Å². The van der Waals surface area contributed by atoms with Gasteiger partial charge in [0.1, 0.15) is 5.82 Å².